The highest BCUT2D eigenvalue weighted by atomic mass is 32.2. The van der Waals surface area contributed by atoms with E-state index in [0.717, 1.165) is 25.8 Å². The predicted molar refractivity (Wildman–Crippen MR) is 76.2 cm³/mol. The molecule has 0 aliphatic carbocycles. The molecule has 1 saturated heterocycles. The maximum absolute atomic E-state index is 12.4. The Balaban J connectivity index is 2.58. The topological polar surface area (TPSA) is 64.1 Å². The van der Waals surface area contributed by atoms with Crippen molar-refractivity contribution < 1.29 is 13.5 Å². The molecule has 0 aromatic rings. The molecule has 0 unspecified atom stereocenters. The molecule has 6 nitrogen and oxygen atoms in total. The average molecular weight is 293 g/mol. The fourth-order valence-electron chi connectivity index (χ4n) is 2.24. The Kier molecular flexibility index (Phi) is 7.23. The van der Waals surface area contributed by atoms with Crippen molar-refractivity contribution in [1.29, 1.82) is 0 Å². The number of rotatable bonds is 7. The summed E-state index contributed by atoms with van der Waals surface area (Å²) in [5, 5.41) is 8.94. The standard InChI is InChI=1S/C12H27N3O3S/c1-3-4-6-13(2)19(17,18)15-8-5-7-14(9-10-15)11-12-16/h16H,3-12H2,1-2H3. The van der Waals surface area contributed by atoms with Crippen molar-refractivity contribution in [2.75, 3.05) is 52.9 Å². The number of aliphatic hydroxyl groups excluding tert-OH is 1. The van der Waals surface area contributed by atoms with Crippen LogP contribution in [0, 0.1) is 0 Å². The lowest BCUT2D eigenvalue weighted by Gasteiger charge is -2.26. The zero-order valence-corrected chi connectivity index (χ0v) is 12.9. The molecule has 7 heteroatoms. The zero-order chi connectivity index (χ0) is 14.3. The van der Waals surface area contributed by atoms with Gasteiger partial charge in [-0.05, 0) is 19.4 Å². The highest BCUT2D eigenvalue weighted by Crippen LogP contribution is 2.12. The monoisotopic (exact) mass is 293 g/mol. The van der Waals surface area contributed by atoms with E-state index in [0.29, 0.717) is 32.7 Å². The summed E-state index contributed by atoms with van der Waals surface area (Å²) in [5.41, 5.74) is 0. The number of hydrogen-bond acceptors (Lipinski definition) is 4. The summed E-state index contributed by atoms with van der Waals surface area (Å²) in [6.07, 6.45) is 2.70. The van der Waals surface area contributed by atoms with E-state index in [1.807, 2.05) is 0 Å². The van der Waals surface area contributed by atoms with Crippen molar-refractivity contribution in [2.24, 2.45) is 0 Å². The summed E-state index contributed by atoms with van der Waals surface area (Å²) in [6, 6.07) is 0. The van der Waals surface area contributed by atoms with Gasteiger partial charge < -0.3 is 5.11 Å². The van der Waals surface area contributed by atoms with Gasteiger partial charge in [-0.1, -0.05) is 13.3 Å². The summed E-state index contributed by atoms with van der Waals surface area (Å²) in [5.74, 6) is 0. The minimum absolute atomic E-state index is 0.128. The molecule has 1 N–H and O–H groups in total. The molecule has 1 aliphatic heterocycles. The molecular weight excluding hydrogens is 266 g/mol. The lowest BCUT2D eigenvalue weighted by atomic mass is 10.3. The number of β-amino-alcohol motifs (C(OH)–C–C–N with tert-alkyl or cyclic N) is 1. The molecule has 114 valence electrons. The third-order valence-corrected chi connectivity index (χ3v) is 5.50. The van der Waals surface area contributed by atoms with Gasteiger partial charge in [-0.3, -0.25) is 4.90 Å². The van der Waals surface area contributed by atoms with Gasteiger partial charge >= 0.3 is 0 Å². The summed E-state index contributed by atoms with van der Waals surface area (Å²) in [6.45, 7) is 6.02. The molecule has 1 fully saturated rings. The molecule has 1 aliphatic rings. The molecule has 0 amide bonds. The third kappa shape index (κ3) is 5.00. The van der Waals surface area contributed by atoms with Gasteiger partial charge in [0, 0.05) is 39.8 Å². The largest absolute Gasteiger partial charge is 0.395 e. The van der Waals surface area contributed by atoms with Crippen LogP contribution in [0.5, 0.6) is 0 Å². The van der Waals surface area contributed by atoms with Crippen LogP contribution in [0.2, 0.25) is 0 Å². The van der Waals surface area contributed by atoms with E-state index in [2.05, 4.69) is 11.8 Å². The van der Waals surface area contributed by atoms with Gasteiger partial charge in [-0.2, -0.15) is 17.0 Å². The summed E-state index contributed by atoms with van der Waals surface area (Å²) >= 11 is 0. The third-order valence-electron chi connectivity index (χ3n) is 3.51. The van der Waals surface area contributed by atoms with E-state index < -0.39 is 10.2 Å². The van der Waals surface area contributed by atoms with E-state index in [4.69, 9.17) is 5.11 Å². The second kappa shape index (κ2) is 8.16. The van der Waals surface area contributed by atoms with E-state index in [1.165, 1.54) is 4.31 Å². The molecule has 0 aromatic heterocycles. The first-order chi connectivity index (χ1) is 9.02. The lowest BCUT2D eigenvalue weighted by molar-refractivity contribution is 0.201. The fourth-order valence-corrected chi connectivity index (χ4v) is 3.66. The molecule has 1 rings (SSSR count). The van der Waals surface area contributed by atoms with Crippen LogP contribution in [0.25, 0.3) is 0 Å². The van der Waals surface area contributed by atoms with Crippen molar-refractivity contribution in [1.82, 2.24) is 13.5 Å². The van der Waals surface area contributed by atoms with Crippen molar-refractivity contribution >= 4 is 10.2 Å². The molecule has 0 aromatic carbocycles. The highest BCUT2D eigenvalue weighted by Gasteiger charge is 2.28. The summed E-state index contributed by atoms with van der Waals surface area (Å²) in [7, 11) is -1.66. The quantitative estimate of drug-likeness (QED) is 0.715. The van der Waals surface area contributed by atoms with E-state index >= 15 is 0 Å². The molecule has 0 spiro atoms. The Morgan fingerprint density at radius 3 is 2.58 bits per heavy atom. The second-order valence-corrected chi connectivity index (χ2v) is 7.04. The van der Waals surface area contributed by atoms with Crippen LogP contribution in [0.4, 0.5) is 0 Å². The normalized spacial score (nSPS) is 19.8. The highest BCUT2D eigenvalue weighted by molar-refractivity contribution is 7.86. The van der Waals surface area contributed by atoms with E-state index in [9.17, 15) is 8.42 Å². The van der Waals surface area contributed by atoms with Crippen LogP contribution in [0.3, 0.4) is 0 Å². The smallest absolute Gasteiger partial charge is 0.281 e. The van der Waals surface area contributed by atoms with Gasteiger partial charge in [0.2, 0.25) is 0 Å². The summed E-state index contributed by atoms with van der Waals surface area (Å²) < 4.78 is 27.8. The predicted octanol–water partition coefficient (Wildman–Crippen LogP) is -0.0369. The fraction of sp³-hybridized carbons (Fsp3) is 1.00. The lowest BCUT2D eigenvalue weighted by Crippen LogP contribution is -2.44. The van der Waals surface area contributed by atoms with Crippen LogP contribution < -0.4 is 0 Å². The number of aliphatic hydroxyl groups is 1. The first-order valence-electron chi connectivity index (χ1n) is 7.07. The van der Waals surface area contributed by atoms with Gasteiger partial charge in [0.15, 0.2) is 0 Å². The van der Waals surface area contributed by atoms with Crippen LogP contribution in [-0.2, 0) is 10.2 Å². The van der Waals surface area contributed by atoms with Crippen LogP contribution in [0.15, 0.2) is 0 Å². The van der Waals surface area contributed by atoms with E-state index in [-0.39, 0.29) is 6.61 Å². The first-order valence-corrected chi connectivity index (χ1v) is 8.46. The second-order valence-electron chi connectivity index (χ2n) is 5.00. The Hall–Kier alpha value is -0.210. The molecule has 0 bridgehead atoms. The van der Waals surface area contributed by atoms with Crippen molar-refractivity contribution in [2.45, 2.75) is 26.2 Å². The summed E-state index contributed by atoms with van der Waals surface area (Å²) in [4.78, 5) is 2.11. The molecule has 0 radical (unpaired) electrons. The van der Waals surface area contributed by atoms with Crippen LogP contribution >= 0.6 is 0 Å². The minimum atomic E-state index is -3.32. The molecule has 0 saturated carbocycles. The Morgan fingerprint density at radius 1 is 1.21 bits per heavy atom. The number of hydrogen-bond donors (Lipinski definition) is 1. The van der Waals surface area contributed by atoms with Gasteiger partial charge in [-0.25, -0.2) is 0 Å². The van der Waals surface area contributed by atoms with Gasteiger partial charge in [0.1, 0.15) is 0 Å². The number of unbranched alkanes of at least 4 members (excludes halogenated alkanes) is 1. The average Bonchev–Trinajstić information content (AvgIpc) is 2.62. The SMILES string of the molecule is CCCCN(C)S(=O)(=O)N1CCCN(CCO)CC1. The van der Waals surface area contributed by atoms with E-state index in [1.54, 1.807) is 11.4 Å². The molecule has 0 atom stereocenters. The molecule has 19 heavy (non-hydrogen) atoms. The van der Waals surface area contributed by atoms with Crippen LogP contribution in [-0.4, -0.2) is 80.0 Å². The van der Waals surface area contributed by atoms with Crippen molar-refractivity contribution in [3.8, 4) is 0 Å². The molecular formula is C12H27N3O3S. The zero-order valence-electron chi connectivity index (χ0n) is 12.1. The minimum Gasteiger partial charge on any atom is -0.395 e. The maximum Gasteiger partial charge on any atom is 0.281 e. The molecule has 1 heterocycles. The Labute approximate surface area is 117 Å². The maximum atomic E-state index is 12.4. The van der Waals surface area contributed by atoms with Crippen LogP contribution in [0.1, 0.15) is 26.2 Å². The number of nitrogens with zero attached hydrogens (tertiary/aromatic N) is 3. The van der Waals surface area contributed by atoms with Gasteiger partial charge in [0.05, 0.1) is 6.61 Å². The van der Waals surface area contributed by atoms with Gasteiger partial charge in [-0.15, -0.1) is 0 Å². The van der Waals surface area contributed by atoms with Crippen molar-refractivity contribution in [3.63, 3.8) is 0 Å². The Bertz CT molecular complexity index is 348. The van der Waals surface area contributed by atoms with Gasteiger partial charge in [0.25, 0.3) is 10.2 Å². The first kappa shape index (κ1) is 16.8. The van der Waals surface area contributed by atoms with Crippen molar-refractivity contribution in [3.05, 3.63) is 0 Å². The Morgan fingerprint density at radius 2 is 1.95 bits per heavy atom.